The Hall–Kier alpha value is -8.26. The topological polar surface area (TPSA) is 69.6 Å². The number of hydrogen-bond acceptors (Lipinski definition) is 5. The first-order valence-corrected chi connectivity index (χ1v) is 23.1. The molecule has 0 bridgehead atoms. The SMILES string of the molecule is c1ccc([Si](c2ccccc2)(c2ccccc2)c2cccc(-c3nc(-c4cccc(-n5c6ccccc6c6ccccc65)c4)nc(-c4cccc5oc6ccncc6c45)n3)c2)cc1. The molecule has 0 aliphatic rings. The van der Waals surface area contributed by atoms with Crippen molar-refractivity contribution < 1.29 is 4.42 Å². The Kier molecular flexibility index (Phi) is 8.72. The maximum atomic E-state index is 6.34. The molecule has 12 rings (SSSR count). The van der Waals surface area contributed by atoms with Crippen molar-refractivity contribution in [2.75, 3.05) is 0 Å². The van der Waals surface area contributed by atoms with E-state index in [-0.39, 0.29) is 0 Å². The number of aromatic nitrogens is 5. The Bertz CT molecular complexity index is 3490. The lowest BCUT2D eigenvalue weighted by molar-refractivity contribution is 0.668. The fourth-order valence-corrected chi connectivity index (χ4v) is 14.3. The summed E-state index contributed by atoms with van der Waals surface area (Å²) >= 11 is 0. The predicted molar refractivity (Wildman–Crippen MR) is 259 cm³/mol. The van der Waals surface area contributed by atoms with Crippen LogP contribution in [0, 0.1) is 0 Å². The molecule has 12 aromatic rings. The number of fused-ring (bicyclic) bond motifs is 6. The number of pyridine rings is 1. The lowest BCUT2D eigenvalue weighted by Gasteiger charge is -2.34. The van der Waals surface area contributed by atoms with Gasteiger partial charge in [-0.15, -0.1) is 0 Å². The standard InChI is InChI=1S/C56H37N5OSi/c1-4-20-41(21-5-1)63(42-22-6-2-7-23-42,43-24-8-3-9-25-43)44-26-15-18-39(36-44)55-58-54(59-56(60-55)47-29-16-32-52-53(47)48-37-57-34-33-51(48)62-52)38-17-14-19-40(35-38)61-49-30-12-10-27-45(49)46-28-11-13-31-50(46)61/h1-37H. The predicted octanol–water partition coefficient (Wildman–Crippen LogP) is 10.6. The van der Waals surface area contributed by atoms with Gasteiger partial charge in [0.15, 0.2) is 25.5 Å². The maximum absolute atomic E-state index is 6.34. The van der Waals surface area contributed by atoms with Crippen LogP contribution in [0.2, 0.25) is 0 Å². The quantitative estimate of drug-likeness (QED) is 0.113. The molecule has 0 N–H and O–H groups in total. The van der Waals surface area contributed by atoms with E-state index in [2.05, 4.69) is 204 Å². The van der Waals surface area contributed by atoms with E-state index in [1.165, 1.54) is 31.5 Å². The third-order valence-corrected chi connectivity index (χ3v) is 17.1. The van der Waals surface area contributed by atoms with E-state index in [9.17, 15) is 0 Å². The van der Waals surface area contributed by atoms with E-state index in [1.54, 1.807) is 6.20 Å². The van der Waals surface area contributed by atoms with Crippen molar-refractivity contribution in [3.63, 3.8) is 0 Å². The van der Waals surface area contributed by atoms with E-state index < -0.39 is 8.07 Å². The average molecular weight is 824 g/mol. The lowest BCUT2D eigenvalue weighted by Crippen LogP contribution is -2.74. The molecule has 63 heavy (non-hydrogen) atoms. The zero-order valence-electron chi connectivity index (χ0n) is 34.0. The first-order chi connectivity index (χ1) is 31.2. The van der Waals surface area contributed by atoms with Crippen LogP contribution in [0.1, 0.15) is 0 Å². The van der Waals surface area contributed by atoms with Crippen LogP contribution < -0.4 is 20.7 Å². The molecular formula is C56H37N5OSi. The Morgan fingerprint density at radius 1 is 0.397 bits per heavy atom. The van der Waals surface area contributed by atoms with Gasteiger partial charge in [-0.05, 0) is 57.1 Å². The van der Waals surface area contributed by atoms with Crippen molar-refractivity contribution in [2.45, 2.75) is 0 Å². The van der Waals surface area contributed by atoms with E-state index in [0.29, 0.717) is 17.5 Å². The van der Waals surface area contributed by atoms with Gasteiger partial charge in [-0.1, -0.05) is 176 Å². The first-order valence-electron chi connectivity index (χ1n) is 21.1. The number of hydrogen-bond donors (Lipinski definition) is 0. The van der Waals surface area contributed by atoms with Gasteiger partial charge in [0.1, 0.15) is 11.2 Å². The van der Waals surface area contributed by atoms with E-state index in [1.807, 2.05) is 24.4 Å². The monoisotopic (exact) mass is 823 g/mol. The minimum absolute atomic E-state index is 0.553. The van der Waals surface area contributed by atoms with Crippen molar-refractivity contribution in [2.24, 2.45) is 0 Å². The highest BCUT2D eigenvalue weighted by atomic mass is 28.3. The Labute approximate surface area is 364 Å². The van der Waals surface area contributed by atoms with Crippen LogP contribution in [0.25, 0.3) is 83.6 Å². The molecule has 0 aliphatic carbocycles. The number of furan rings is 1. The lowest BCUT2D eigenvalue weighted by atomic mass is 10.1. The molecule has 0 unspecified atom stereocenters. The molecule has 0 spiro atoms. The van der Waals surface area contributed by atoms with Gasteiger partial charge in [-0.3, -0.25) is 4.98 Å². The van der Waals surface area contributed by atoms with Crippen molar-refractivity contribution in [1.82, 2.24) is 24.5 Å². The zero-order valence-corrected chi connectivity index (χ0v) is 35.0. The van der Waals surface area contributed by atoms with Gasteiger partial charge in [0.25, 0.3) is 0 Å². The molecule has 6 nitrogen and oxygen atoms in total. The van der Waals surface area contributed by atoms with Gasteiger partial charge in [-0.2, -0.15) is 0 Å². The average Bonchev–Trinajstić information content (AvgIpc) is 3.92. The van der Waals surface area contributed by atoms with Crippen molar-refractivity contribution in [1.29, 1.82) is 0 Å². The van der Waals surface area contributed by atoms with Crippen LogP contribution in [-0.4, -0.2) is 32.6 Å². The Morgan fingerprint density at radius 2 is 0.921 bits per heavy atom. The second kappa shape index (κ2) is 15.0. The van der Waals surface area contributed by atoms with Gasteiger partial charge < -0.3 is 8.98 Å². The molecule has 0 aliphatic heterocycles. The fourth-order valence-electron chi connectivity index (χ4n) is 9.55. The number of rotatable bonds is 8. The van der Waals surface area contributed by atoms with E-state index in [0.717, 1.165) is 55.3 Å². The summed E-state index contributed by atoms with van der Waals surface area (Å²) in [6.07, 6.45) is 3.61. The van der Waals surface area contributed by atoms with Gasteiger partial charge >= 0.3 is 0 Å². The fraction of sp³-hybridized carbons (Fsp3) is 0. The summed E-state index contributed by atoms with van der Waals surface area (Å²) in [5, 5.41) is 9.36. The third-order valence-electron chi connectivity index (χ3n) is 12.3. The Morgan fingerprint density at radius 3 is 1.56 bits per heavy atom. The molecule has 8 aromatic carbocycles. The van der Waals surface area contributed by atoms with Crippen LogP contribution in [0.4, 0.5) is 0 Å². The third kappa shape index (κ3) is 6.01. The van der Waals surface area contributed by atoms with Crippen LogP contribution in [-0.2, 0) is 0 Å². The zero-order chi connectivity index (χ0) is 41.7. The van der Waals surface area contributed by atoms with Gasteiger partial charge in [0.05, 0.1) is 11.0 Å². The van der Waals surface area contributed by atoms with Gasteiger partial charge in [0, 0.05) is 56.3 Å². The molecule has 0 radical (unpaired) electrons. The van der Waals surface area contributed by atoms with Gasteiger partial charge in [0.2, 0.25) is 0 Å². The van der Waals surface area contributed by atoms with Crippen molar-refractivity contribution in [3.05, 3.63) is 225 Å². The van der Waals surface area contributed by atoms with E-state index >= 15 is 0 Å². The number of para-hydroxylation sites is 2. The maximum Gasteiger partial charge on any atom is 0.179 e. The summed E-state index contributed by atoms with van der Waals surface area (Å²) < 4.78 is 8.67. The molecular weight excluding hydrogens is 787 g/mol. The summed E-state index contributed by atoms with van der Waals surface area (Å²) in [5.74, 6) is 1.71. The molecule has 7 heteroatoms. The van der Waals surface area contributed by atoms with Crippen LogP contribution in [0.5, 0.6) is 0 Å². The highest BCUT2D eigenvalue weighted by Crippen LogP contribution is 2.37. The van der Waals surface area contributed by atoms with Crippen LogP contribution in [0.3, 0.4) is 0 Å². The summed E-state index contributed by atoms with van der Waals surface area (Å²) in [7, 11) is -2.85. The summed E-state index contributed by atoms with van der Waals surface area (Å²) in [4.78, 5) is 20.5. The number of nitrogens with zero attached hydrogens (tertiary/aromatic N) is 5. The molecule has 0 fully saturated rings. The molecule has 4 aromatic heterocycles. The molecule has 0 saturated carbocycles. The van der Waals surface area contributed by atoms with Crippen molar-refractivity contribution in [3.8, 4) is 39.9 Å². The Balaban J connectivity index is 1.10. The highest BCUT2D eigenvalue weighted by Gasteiger charge is 2.41. The summed E-state index contributed by atoms with van der Waals surface area (Å²) in [6.45, 7) is 0. The van der Waals surface area contributed by atoms with Crippen LogP contribution in [0.15, 0.2) is 229 Å². The second-order valence-corrected chi connectivity index (χ2v) is 19.6. The summed E-state index contributed by atoms with van der Waals surface area (Å²) in [5.41, 5.74) is 7.44. The summed E-state index contributed by atoms with van der Waals surface area (Å²) in [6, 6.07) is 75.4. The molecule has 296 valence electrons. The van der Waals surface area contributed by atoms with Crippen molar-refractivity contribution >= 4 is 72.6 Å². The highest BCUT2D eigenvalue weighted by molar-refractivity contribution is 7.19. The first kappa shape index (κ1) is 36.6. The smallest absolute Gasteiger partial charge is 0.179 e. The second-order valence-electron chi connectivity index (χ2n) is 15.8. The van der Waals surface area contributed by atoms with Crippen LogP contribution >= 0.6 is 0 Å². The molecule has 0 amide bonds. The minimum Gasteiger partial charge on any atom is -0.456 e. The van der Waals surface area contributed by atoms with E-state index in [4.69, 9.17) is 19.4 Å². The van der Waals surface area contributed by atoms with Gasteiger partial charge in [-0.25, -0.2) is 15.0 Å². The largest absolute Gasteiger partial charge is 0.456 e. The molecule has 0 atom stereocenters. The molecule has 0 saturated heterocycles. The minimum atomic E-state index is -2.85. The normalized spacial score (nSPS) is 11.8. The molecule has 4 heterocycles. The number of benzene rings is 8.